The number of nitriles is 1. The van der Waals surface area contributed by atoms with Gasteiger partial charge >= 0.3 is 0 Å². The maximum Gasteiger partial charge on any atom is 0.0741 e. The highest BCUT2D eigenvalue weighted by Gasteiger charge is 2.23. The molecule has 0 saturated carbocycles. The monoisotopic (exact) mass is 139 g/mol. The van der Waals surface area contributed by atoms with Crippen molar-refractivity contribution in [2.45, 2.75) is 12.5 Å². The Balaban J connectivity index is 2.47. The smallest absolute Gasteiger partial charge is 0.0741 e. The van der Waals surface area contributed by atoms with E-state index < -0.39 is 0 Å². The summed E-state index contributed by atoms with van der Waals surface area (Å²) in [4.78, 5) is 2.15. The van der Waals surface area contributed by atoms with Crippen molar-refractivity contribution in [3.8, 4) is 6.07 Å². The third kappa shape index (κ3) is 1.47. The van der Waals surface area contributed by atoms with Crippen molar-refractivity contribution in [2.75, 3.05) is 20.1 Å². The van der Waals surface area contributed by atoms with Crippen LogP contribution in [-0.2, 0) is 0 Å². The Bertz CT molecular complexity index is 149. The van der Waals surface area contributed by atoms with Crippen LogP contribution >= 0.6 is 0 Å². The number of piperidine rings is 1. The van der Waals surface area contributed by atoms with Crippen LogP contribution in [0.1, 0.15) is 6.42 Å². The lowest BCUT2D eigenvalue weighted by molar-refractivity contribution is 0.218. The standard InChI is InChI=1S/C7H13N3/c1-10-3-2-7(9)6(4-8)5-10/h6-7H,2-3,5,9H2,1H3/t6-,7-/m0/s1. The van der Waals surface area contributed by atoms with Crippen LogP contribution in [0, 0.1) is 17.2 Å². The third-order valence-corrected chi connectivity index (χ3v) is 2.04. The number of rotatable bonds is 0. The number of nitrogens with two attached hydrogens (primary N) is 1. The molecule has 0 aliphatic carbocycles. The first kappa shape index (κ1) is 7.52. The quantitative estimate of drug-likeness (QED) is 0.505. The van der Waals surface area contributed by atoms with E-state index in [1.54, 1.807) is 0 Å². The van der Waals surface area contributed by atoms with Gasteiger partial charge in [-0.05, 0) is 20.0 Å². The van der Waals surface area contributed by atoms with Gasteiger partial charge in [-0.3, -0.25) is 0 Å². The van der Waals surface area contributed by atoms with E-state index in [-0.39, 0.29) is 12.0 Å². The summed E-state index contributed by atoms with van der Waals surface area (Å²) in [5, 5.41) is 8.62. The fraction of sp³-hybridized carbons (Fsp3) is 0.857. The van der Waals surface area contributed by atoms with Crippen LogP contribution in [0.2, 0.25) is 0 Å². The molecule has 2 atom stereocenters. The van der Waals surface area contributed by atoms with Crippen molar-refractivity contribution in [3.05, 3.63) is 0 Å². The summed E-state index contributed by atoms with van der Waals surface area (Å²) < 4.78 is 0. The van der Waals surface area contributed by atoms with Gasteiger partial charge in [-0.15, -0.1) is 0 Å². The minimum Gasteiger partial charge on any atom is -0.326 e. The molecule has 1 fully saturated rings. The molecule has 0 aromatic heterocycles. The van der Waals surface area contributed by atoms with Gasteiger partial charge in [-0.1, -0.05) is 0 Å². The maximum absolute atomic E-state index is 8.62. The van der Waals surface area contributed by atoms with E-state index in [1.807, 2.05) is 7.05 Å². The average molecular weight is 139 g/mol. The Labute approximate surface area is 61.4 Å². The Morgan fingerprint density at radius 3 is 2.90 bits per heavy atom. The topological polar surface area (TPSA) is 53.0 Å². The molecule has 1 saturated heterocycles. The second-order valence-corrected chi connectivity index (χ2v) is 2.95. The number of likely N-dealkylation sites (tertiary alicyclic amines) is 1. The molecule has 0 aromatic rings. The van der Waals surface area contributed by atoms with Crippen molar-refractivity contribution < 1.29 is 0 Å². The summed E-state index contributed by atoms with van der Waals surface area (Å²) in [7, 11) is 2.02. The third-order valence-electron chi connectivity index (χ3n) is 2.04. The van der Waals surface area contributed by atoms with Gasteiger partial charge in [-0.25, -0.2) is 0 Å². The Kier molecular flexibility index (Phi) is 2.25. The lowest BCUT2D eigenvalue weighted by Crippen LogP contribution is -2.44. The molecule has 0 amide bonds. The van der Waals surface area contributed by atoms with Gasteiger partial charge in [0, 0.05) is 12.6 Å². The lowest BCUT2D eigenvalue weighted by atomic mass is 9.95. The van der Waals surface area contributed by atoms with E-state index >= 15 is 0 Å². The minimum absolute atomic E-state index is 0.0405. The van der Waals surface area contributed by atoms with E-state index in [9.17, 15) is 0 Å². The lowest BCUT2D eigenvalue weighted by Gasteiger charge is -2.30. The van der Waals surface area contributed by atoms with Crippen LogP contribution < -0.4 is 5.73 Å². The van der Waals surface area contributed by atoms with Crippen LogP contribution in [0.3, 0.4) is 0 Å². The van der Waals surface area contributed by atoms with Crippen LogP contribution in [0.5, 0.6) is 0 Å². The Morgan fingerprint density at radius 1 is 1.70 bits per heavy atom. The highest BCUT2D eigenvalue weighted by Crippen LogP contribution is 2.12. The second-order valence-electron chi connectivity index (χ2n) is 2.95. The van der Waals surface area contributed by atoms with E-state index in [2.05, 4.69) is 11.0 Å². The molecule has 3 nitrogen and oxygen atoms in total. The molecule has 1 heterocycles. The van der Waals surface area contributed by atoms with Gasteiger partial charge in [0.25, 0.3) is 0 Å². The first-order chi connectivity index (χ1) is 4.74. The molecule has 1 aliphatic rings. The predicted molar refractivity (Wildman–Crippen MR) is 39.2 cm³/mol. The summed E-state index contributed by atoms with van der Waals surface area (Å²) in [6.45, 7) is 1.86. The van der Waals surface area contributed by atoms with Gasteiger partial charge in [0.2, 0.25) is 0 Å². The van der Waals surface area contributed by atoms with E-state index in [4.69, 9.17) is 11.0 Å². The van der Waals surface area contributed by atoms with Gasteiger partial charge < -0.3 is 10.6 Å². The zero-order chi connectivity index (χ0) is 7.56. The SMILES string of the molecule is CN1CC[C@H](N)[C@@H](C#N)C1. The van der Waals surface area contributed by atoms with Crippen molar-refractivity contribution in [1.29, 1.82) is 5.26 Å². The fourth-order valence-corrected chi connectivity index (χ4v) is 1.27. The summed E-state index contributed by atoms with van der Waals surface area (Å²) in [6.07, 6.45) is 0.953. The largest absolute Gasteiger partial charge is 0.326 e. The Hall–Kier alpha value is -0.590. The highest BCUT2D eigenvalue weighted by atomic mass is 15.1. The summed E-state index contributed by atoms with van der Waals surface area (Å²) >= 11 is 0. The molecular weight excluding hydrogens is 126 g/mol. The molecule has 2 N–H and O–H groups in total. The molecule has 0 radical (unpaired) electrons. The highest BCUT2D eigenvalue weighted by molar-refractivity contribution is 4.95. The minimum atomic E-state index is 0.0405. The average Bonchev–Trinajstić information content (AvgIpc) is 1.94. The molecular formula is C7H13N3. The molecule has 0 aromatic carbocycles. The number of hydrogen-bond donors (Lipinski definition) is 1. The van der Waals surface area contributed by atoms with Crippen LogP contribution in [0.4, 0.5) is 0 Å². The number of nitrogens with zero attached hydrogens (tertiary/aromatic N) is 2. The molecule has 10 heavy (non-hydrogen) atoms. The predicted octanol–water partition coefficient (Wildman–Crippen LogP) is -0.211. The van der Waals surface area contributed by atoms with E-state index in [1.165, 1.54) is 0 Å². The fourth-order valence-electron chi connectivity index (χ4n) is 1.27. The first-order valence-electron chi connectivity index (χ1n) is 3.58. The zero-order valence-electron chi connectivity index (χ0n) is 6.25. The normalized spacial score (nSPS) is 35.3. The Morgan fingerprint density at radius 2 is 2.40 bits per heavy atom. The number of hydrogen-bond acceptors (Lipinski definition) is 3. The van der Waals surface area contributed by atoms with Crippen molar-refractivity contribution >= 4 is 0 Å². The van der Waals surface area contributed by atoms with Gasteiger partial charge in [-0.2, -0.15) is 5.26 Å². The van der Waals surface area contributed by atoms with Gasteiger partial charge in [0.1, 0.15) is 0 Å². The van der Waals surface area contributed by atoms with Gasteiger partial charge in [0.05, 0.1) is 12.0 Å². The van der Waals surface area contributed by atoms with Crippen LogP contribution in [-0.4, -0.2) is 31.1 Å². The van der Waals surface area contributed by atoms with E-state index in [0.29, 0.717) is 0 Å². The molecule has 56 valence electrons. The zero-order valence-corrected chi connectivity index (χ0v) is 6.25. The summed E-state index contributed by atoms with van der Waals surface area (Å²) in [5.74, 6) is 0.0405. The molecule has 0 spiro atoms. The maximum atomic E-state index is 8.62. The molecule has 1 rings (SSSR count). The van der Waals surface area contributed by atoms with Crippen LogP contribution in [0.15, 0.2) is 0 Å². The summed E-state index contributed by atoms with van der Waals surface area (Å²) in [6, 6.07) is 2.32. The van der Waals surface area contributed by atoms with E-state index in [0.717, 1.165) is 19.5 Å². The first-order valence-corrected chi connectivity index (χ1v) is 3.58. The van der Waals surface area contributed by atoms with Gasteiger partial charge in [0.15, 0.2) is 0 Å². The molecule has 3 heteroatoms. The molecule has 0 bridgehead atoms. The van der Waals surface area contributed by atoms with Crippen LogP contribution in [0.25, 0.3) is 0 Å². The molecule has 0 unspecified atom stereocenters. The van der Waals surface area contributed by atoms with Crippen molar-refractivity contribution in [3.63, 3.8) is 0 Å². The summed E-state index contributed by atoms with van der Waals surface area (Å²) in [5.41, 5.74) is 5.70. The second kappa shape index (κ2) is 3.00. The van der Waals surface area contributed by atoms with Crippen molar-refractivity contribution in [1.82, 2.24) is 4.90 Å². The molecule has 1 aliphatic heterocycles. The van der Waals surface area contributed by atoms with Crippen molar-refractivity contribution in [2.24, 2.45) is 11.7 Å².